The lowest BCUT2D eigenvalue weighted by Gasteiger charge is -2.21. The maximum atomic E-state index is 12.2. The minimum atomic E-state index is -3.32. The lowest BCUT2D eigenvalue weighted by atomic mass is 9.91. The fourth-order valence-electron chi connectivity index (χ4n) is 2.69. The van der Waals surface area contributed by atoms with E-state index in [1.807, 2.05) is 0 Å². The Kier molecular flexibility index (Phi) is 5.66. The Balaban J connectivity index is 2.02. The summed E-state index contributed by atoms with van der Waals surface area (Å²) in [6.45, 7) is -0.211. The monoisotopic (exact) mass is 307 g/mol. The molecule has 1 aromatic carbocycles. The van der Waals surface area contributed by atoms with Gasteiger partial charge in [0.1, 0.15) is 6.61 Å². The molecule has 0 saturated heterocycles. The van der Waals surface area contributed by atoms with E-state index in [0.717, 1.165) is 25.7 Å². The van der Waals surface area contributed by atoms with Crippen LogP contribution in [0.4, 0.5) is 5.69 Å². The van der Waals surface area contributed by atoms with Gasteiger partial charge >= 0.3 is 0 Å². The van der Waals surface area contributed by atoms with Crippen molar-refractivity contribution in [2.24, 2.45) is 5.92 Å². The molecule has 0 amide bonds. The van der Waals surface area contributed by atoms with Crippen molar-refractivity contribution in [1.29, 1.82) is 0 Å². The molecule has 0 aromatic heterocycles. The molecule has 0 aliphatic heterocycles. The highest BCUT2D eigenvalue weighted by Gasteiger charge is 2.21. The first kappa shape index (κ1) is 15.9. The number of nitrogens with one attached hydrogen (secondary N) is 1. The highest BCUT2D eigenvalue weighted by molar-refractivity contribution is 7.92. The van der Waals surface area contributed by atoms with Crippen molar-refractivity contribution in [2.75, 3.05) is 17.1 Å². The Bertz CT molecular complexity index is 622. The van der Waals surface area contributed by atoms with Crippen LogP contribution < -0.4 is 4.72 Å². The number of anilines is 1. The molecule has 5 heteroatoms. The normalized spacial score (nSPS) is 16.0. The van der Waals surface area contributed by atoms with E-state index in [1.165, 1.54) is 6.42 Å². The summed E-state index contributed by atoms with van der Waals surface area (Å²) in [7, 11) is -3.32. The van der Waals surface area contributed by atoms with E-state index in [1.54, 1.807) is 24.3 Å². The second-order valence-electron chi connectivity index (χ2n) is 5.43. The molecule has 114 valence electrons. The second-order valence-corrected chi connectivity index (χ2v) is 7.20. The molecular formula is C16H21NO3S. The van der Waals surface area contributed by atoms with Crippen LogP contribution in [0.15, 0.2) is 24.3 Å². The Labute approximate surface area is 126 Å². The summed E-state index contributed by atoms with van der Waals surface area (Å²) in [5.74, 6) is 5.78. The van der Waals surface area contributed by atoms with Gasteiger partial charge in [-0.3, -0.25) is 4.72 Å². The maximum Gasteiger partial charge on any atom is 0.232 e. The molecule has 1 aromatic rings. The number of benzene rings is 1. The lowest BCUT2D eigenvalue weighted by Crippen LogP contribution is -2.24. The number of aliphatic hydroxyl groups is 1. The van der Waals surface area contributed by atoms with Crippen LogP contribution in [0.25, 0.3) is 0 Å². The molecule has 1 saturated carbocycles. The molecule has 0 unspecified atom stereocenters. The van der Waals surface area contributed by atoms with E-state index in [2.05, 4.69) is 16.6 Å². The fourth-order valence-corrected chi connectivity index (χ4v) is 4.21. The van der Waals surface area contributed by atoms with Gasteiger partial charge in [-0.05, 0) is 37.0 Å². The predicted molar refractivity (Wildman–Crippen MR) is 84.4 cm³/mol. The van der Waals surface area contributed by atoms with E-state index in [9.17, 15) is 8.42 Å². The topological polar surface area (TPSA) is 66.4 Å². The Morgan fingerprint density at radius 2 is 2.00 bits per heavy atom. The van der Waals surface area contributed by atoms with Gasteiger partial charge in [0.05, 0.1) is 5.75 Å². The minimum Gasteiger partial charge on any atom is -0.384 e. The number of hydrogen-bond acceptors (Lipinski definition) is 3. The molecule has 0 atom stereocenters. The van der Waals surface area contributed by atoms with Crippen LogP contribution in [-0.4, -0.2) is 25.9 Å². The predicted octanol–water partition coefficient (Wildman–Crippen LogP) is 2.35. The average molecular weight is 307 g/mol. The molecule has 0 heterocycles. The van der Waals surface area contributed by atoms with E-state index >= 15 is 0 Å². The third-order valence-electron chi connectivity index (χ3n) is 3.63. The first-order valence-electron chi connectivity index (χ1n) is 7.29. The van der Waals surface area contributed by atoms with Gasteiger partial charge in [0.25, 0.3) is 0 Å². The zero-order chi connectivity index (χ0) is 15.1. The Morgan fingerprint density at radius 1 is 1.24 bits per heavy atom. The standard InChI is InChI=1S/C16H21NO3S/c18-11-5-9-14-8-4-10-16(12-14)17-21(19,20)13-15-6-2-1-3-7-15/h4,8,10,12,15,17-18H,1-3,6-7,11,13H2. The Hall–Kier alpha value is -1.51. The fraction of sp³-hybridized carbons (Fsp3) is 0.500. The summed E-state index contributed by atoms with van der Waals surface area (Å²) < 4.78 is 27.0. The van der Waals surface area contributed by atoms with Crippen molar-refractivity contribution >= 4 is 15.7 Å². The number of sulfonamides is 1. The van der Waals surface area contributed by atoms with E-state index in [-0.39, 0.29) is 18.3 Å². The summed E-state index contributed by atoms with van der Waals surface area (Å²) >= 11 is 0. The highest BCUT2D eigenvalue weighted by Crippen LogP contribution is 2.25. The van der Waals surface area contributed by atoms with Gasteiger partial charge in [-0.2, -0.15) is 0 Å². The molecule has 2 N–H and O–H groups in total. The first-order valence-corrected chi connectivity index (χ1v) is 8.94. The molecule has 0 bridgehead atoms. The van der Waals surface area contributed by atoms with Crippen molar-refractivity contribution in [1.82, 2.24) is 0 Å². The van der Waals surface area contributed by atoms with E-state index < -0.39 is 10.0 Å². The average Bonchev–Trinajstić information content (AvgIpc) is 2.45. The smallest absolute Gasteiger partial charge is 0.232 e. The SMILES string of the molecule is O=S(=O)(CC1CCCCC1)Nc1cccc(C#CCO)c1. The zero-order valence-corrected chi connectivity index (χ0v) is 12.8. The zero-order valence-electron chi connectivity index (χ0n) is 12.0. The minimum absolute atomic E-state index is 0.194. The van der Waals surface area contributed by atoms with Gasteiger partial charge in [-0.15, -0.1) is 0 Å². The molecule has 0 spiro atoms. The highest BCUT2D eigenvalue weighted by atomic mass is 32.2. The van der Waals surface area contributed by atoms with E-state index in [0.29, 0.717) is 11.3 Å². The van der Waals surface area contributed by atoms with Gasteiger partial charge in [-0.1, -0.05) is 37.2 Å². The number of aliphatic hydroxyl groups excluding tert-OH is 1. The Morgan fingerprint density at radius 3 is 2.71 bits per heavy atom. The molecule has 21 heavy (non-hydrogen) atoms. The lowest BCUT2D eigenvalue weighted by molar-refractivity contribution is 0.350. The molecule has 1 aliphatic carbocycles. The molecular weight excluding hydrogens is 286 g/mol. The van der Waals surface area contributed by atoms with Gasteiger partial charge in [0.2, 0.25) is 10.0 Å². The molecule has 0 radical (unpaired) electrons. The van der Waals surface area contributed by atoms with Gasteiger partial charge in [0, 0.05) is 11.3 Å². The van der Waals surface area contributed by atoms with Crippen molar-refractivity contribution < 1.29 is 13.5 Å². The van der Waals surface area contributed by atoms with Crippen LogP contribution in [0, 0.1) is 17.8 Å². The summed E-state index contributed by atoms with van der Waals surface area (Å²) in [5.41, 5.74) is 1.21. The number of hydrogen-bond donors (Lipinski definition) is 2. The van der Waals surface area contributed by atoms with Crippen LogP contribution >= 0.6 is 0 Å². The van der Waals surface area contributed by atoms with Crippen LogP contribution in [0.2, 0.25) is 0 Å². The molecule has 1 aliphatic rings. The van der Waals surface area contributed by atoms with E-state index in [4.69, 9.17) is 5.11 Å². The van der Waals surface area contributed by atoms with Gasteiger partial charge in [0.15, 0.2) is 0 Å². The third-order valence-corrected chi connectivity index (χ3v) is 5.08. The quantitative estimate of drug-likeness (QED) is 0.839. The van der Waals surface area contributed by atoms with Gasteiger partial charge in [-0.25, -0.2) is 8.42 Å². The summed E-state index contributed by atoms with van der Waals surface area (Å²) in [4.78, 5) is 0. The van der Waals surface area contributed by atoms with Crippen molar-refractivity contribution in [2.45, 2.75) is 32.1 Å². The summed E-state index contributed by atoms with van der Waals surface area (Å²) in [5, 5.41) is 8.68. The third kappa shape index (κ3) is 5.41. The van der Waals surface area contributed by atoms with Crippen molar-refractivity contribution in [3.8, 4) is 11.8 Å². The second kappa shape index (κ2) is 7.48. The van der Waals surface area contributed by atoms with Gasteiger partial charge < -0.3 is 5.11 Å². The number of rotatable bonds is 4. The summed E-state index contributed by atoms with van der Waals surface area (Å²) in [6.07, 6.45) is 5.49. The maximum absolute atomic E-state index is 12.2. The summed E-state index contributed by atoms with van der Waals surface area (Å²) in [6, 6.07) is 6.92. The molecule has 1 fully saturated rings. The molecule has 4 nitrogen and oxygen atoms in total. The van der Waals surface area contributed by atoms with Crippen LogP contribution in [0.3, 0.4) is 0 Å². The molecule has 2 rings (SSSR count). The largest absolute Gasteiger partial charge is 0.384 e. The van der Waals surface area contributed by atoms with Crippen molar-refractivity contribution in [3.63, 3.8) is 0 Å². The van der Waals surface area contributed by atoms with Crippen molar-refractivity contribution in [3.05, 3.63) is 29.8 Å². The van der Waals surface area contributed by atoms with Crippen LogP contribution in [0.1, 0.15) is 37.7 Å². The van der Waals surface area contributed by atoms with Crippen LogP contribution in [-0.2, 0) is 10.0 Å². The first-order chi connectivity index (χ1) is 10.1. The van der Waals surface area contributed by atoms with Crippen LogP contribution in [0.5, 0.6) is 0 Å².